The molecule has 0 saturated heterocycles. The number of hydrogen-bond acceptors (Lipinski definition) is 2. The molecular formula is C15H18FNO3. The third-order valence-electron chi connectivity index (χ3n) is 2.86. The van der Waals surface area contributed by atoms with Crippen molar-refractivity contribution in [2.24, 2.45) is 0 Å². The minimum atomic E-state index is -0.934. The molecule has 0 fully saturated rings. The second-order valence-corrected chi connectivity index (χ2v) is 4.41. The Hall–Kier alpha value is -2.17. The van der Waals surface area contributed by atoms with Gasteiger partial charge in [0.05, 0.1) is 6.42 Å². The number of halogens is 1. The van der Waals surface area contributed by atoms with Gasteiger partial charge in [-0.2, -0.15) is 0 Å². The van der Waals surface area contributed by atoms with Crippen LogP contribution in [-0.4, -0.2) is 35.0 Å². The number of carbonyl (C=O) groups is 2. The fourth-order valence-electron chi connectivity index (χ4n) is 1.75. The molecule has 4 nitrogen and oxygen atoms in total. The number of carbonyl (C=O) groups excluding carboxylic acids is 1. The van der Waals surface area contributed by atoms with Crippen LogP contribution in [0.3, 0.4) is 0 Å². The Balaban J connectivity index is 2.77. The summed E-state index contributed by atoms with van der Waals surface area (Å²) in [5.74, 6) is -1.47. The van der Waals surface area contributed by atoms with Gasteiger partial charge in [-0.1, -0.05) is 12.1 Å². The predicted octanol–water partition coefficient (Wildman–Crippen LogP) is 2.55. The lowest BCUT2D eigenvalue weighted by atomic mass is 10.1. The van der Waals surface area contributed by atoms with Gasteiger partial charge in [-0.3, -0.25) is 9.59 Å². The summed E-state index contributed by atoms with van der Waals surface area (Å²) in [4.78, 5) is 24.2. The zero-order chi connectivity index (χ0) is 15.1. The van der Waals surface area contributed by atoms with Crippen LogP contribution in [0.2, 0.25) is 0 Å². The summed E-state index contributed by atoms with van der Waals surface area (Å²) in [7, 11) is 0. The van der Waals surface area contributed by atoms with Gasteiger partial charge in [0, 0.05) is 18.7 Å². The third-order valence-corrected chi connectivity index (χ3v) is 2.86. The van der Waals surface area contributed by atoms with Crippen molar-refractivity contribution in [3.8, 4) is 0 Å². The molecule has 1 aromatic carbocycles. The van der Waals surface area contributed by atoms with Gasteiger partial charge in [0.25, 0.3) is 0 Å². The van der Waals surface area contributed by atoms with Crippen molar-refractivity contribution in [1.82, 2.24) is 4.90 Å². The summed E-state index contributed by atoms with van der Waals surface area (Å²) in [5.41, 5.74) is 1.22. The summed E-state index contributed by atoms with van der Waals surface area (Å²) < 4.78 is 12.8. The number of benzene rings is 1. The van der Waals surface area contributed by atoms with E-state index in [-0.39, 0.29) is 24.7 Å². The Morgan fingerprint density at radius 2 is 1.90 bits per heavy atom. The van der Waals surface area contributed by atoms with Crippen LogP contribution in [0.25, 0.3) is 6.08 Å². The minimum Gasteiger partial charge on any atom is -0.481 e. The Bertz CT molecular complexity index is 508. The maximum absolute atomic E-state index is 12.8. The van der Waals surface area contributed by atoms with Crippen LogP contribution in [0.1, 0.15) is 25.8 Å². The van der Waals surface area contributed by atoms with Crippen LogP contribution in [0.15, 0.2) is 29.8 Å². The summed E-state index contributed by atoms with van der Waals surface area (Å²) in [5, 5.41) is 8.65. The molecule has 0 radical (unpaired) electrons. The maximum Gasteiger partial charge on any atom is 0.305 e. The van der Waals surface area contributed by atoms with E-state index in [1.54, 1.807) is 32.1 Å². The topological polar surface area (TPSA) is 57.6 Å². The van der Waals surface area contributed by atoms with Gasteiger partial charge in [0.15, 0.2) is 0 Å². The quantitative estimate of drug-likeness (QED) is 0.814. The van der Waals surface area contributed by atoms with E-state index in [2.05, 4.69) is 0 Å². The fraction of sp³-hybridized carbons (Fsp3) is 0.333. The summed E-state index contributed by atoms with van der Waals surface area (Å²) in [6, 6.07) is 5.82. The molecule has 0 heterocycles. The number of carboxylic acids is 1. The van der Waals surface area contributed by atoms with E-state index in [0.717, 1.165) is 5.56 Å². The molecule has 0 atom stereocenters. The zero-order valence-electron chi connectivity index (χ0n) is 11.6. The SMILES string of the molecule is CCN(CCC(=O)O)C(=O)/C(C)=C/c1ccc(F)cc1. The Morgan fingerprint density at radius 3 is 2.40 bits per heavy atom. The first-order valence-electron chi connectivity index (χ1n) is 6.39. The molecule has 5 heteroatoms. The number of rotatable bonds is 6. The second kappa shape index (κ2) is 7.43. The van der Waals surface area contributed by atoms with Crippen molar-refractivity contribution in [2.45, 2.75) is 20.3 Å². The number of amides is 1. The first-order valence-corrected chi connectivity index (χ1v) is 6.39. The van der Waals surface area contributed by atoms with E-state index >= 15 is 0 Å². The molecule has 0 aliphatic heterocycles. The summed E-state index contributed by atoms with van der Waals surface area (Å²) >= 11 is 0. The Labute approximate surface area is 117 Å². The molecule has 1 N–H and O–H groups in total. The van der Waals surface area contributed by atoms with Gasteiger partial charge in [-0.05, 0) is 37.6 Å². The number of aliphatic carboxylic acids is 1. The van der Waals surface area contributed by atoms with Crippen molar-refractivity contribution in [1.29, 1.82) is 0 Å². The van der Waals surface area contributed by atoms with Crippen molar-refractivity contribution >= 4 is 18.0 Å². The number of hydrogen-bond donors (Lipinski definition) is 1. The second-order valence-electron chi connectivity index (χ2n) is 4.41. The van der Waals surface area contributed by atoms with E-state index in [1.807, 2.05) is 0 Å². The molecular weight excluding hydrogens is 261 g/mol. The molecule has 0 bridgehead atoms. The van der Waals surface area contributed by atoms with Crippen molar-refractivity contribution < 1.29 is 19.1 Å². The Morgan fingerprint density at radius 1 is 1.30 bits per heavy atom. The van der Waals surface area contributed by atoms with Crippen LogP contribution < -0.4 is 0 Å². The van der Waals surface area contributed by atoms with E-state index in [9.17, 15) is 14.0 Å². The highest BCUT2D eigenvalue weighted by Gasteiger charge is 2.14. The van der Waals surface area contributed by atoms with Crippen molar-refractivity contribution in [2.75, 3.05) is 13.1 Å². The molecule has 108 valence electrons. The summed E-state index contributed by atoms with van der Waals surface area (Å²) in [6.07, 6.45) is 1.58. The number of nitrogens with zero attached hydrogens (tertiary/aromatic N) is 1. The van der Waals surface area contributed by atoms with E-state index < -0.39 is 5.97 Å². The van der Waals surface area contributed by atoms with E-state index in [4.69, 9.17) is 5.11 Å². The average Bonchev–Trinajstić information content (AvgIpc) is 2.41. The first-order chi connectivity index (χ1) is 9.43. The molecule has 0 spiro atoms. The highest BCUT2D eigenvalue weighted by molar-refractivity contribution is 5.97. The van der Waals surface area contributed by atoms with E-state index in [1.165, 1.54) is 17.0 Å². The monoisotopic (exact) mass is 279 g/mol. The predicted molar refractivity (Wildman–Crippen MR) is 74.6 cm³/mol. The smallest absolute Gasteiger partial charge is 0.305 e. The molecule has 0 aliphatic carbocycles. The first kappa shape index (κ1) is 15.9. The molecule has 1 amide bonds. The van der Waals surface area contributed by atoms with Crippen LogP contribution in [0.4, 0.5) is 4.39 Å². The highest BCUT2D eigenvalue weighted by Crippen LogP contribution is 2.10. The lowest BCUT2D eigenvalue weighted by molar-refractivity contribution is -0.138. The zero-order valence-corrected chi connectivity index (χ0v) is 11.6. The van der Waals surface area contributed by atoms with Gasteiger partial charge in [-0.25, -0.2) is 4.39 Å². The van der Waals surface area contributed by atoms with Crippen LogP contribution in [0.5, 0.6) is 0 Å². The molecule has 20 heavy (non-hydrogen) atoms. The highest BCUT2D eigenvalue weighted by atomic mass is 19.1. The van der Waals surface area contributed by atoms with Gasteiger partial charge in [-0.15, -0.1) is 0 Å². The number of likely N-dealkylation sites (N-methyl/N-ethyl adjacent to an activating group) is 1. The molecule has 0 unspecified atom stereocenters. The lowest BCUT2D eigenvalue weighted by Gasteiger charge is -2.20. The normalized spacial score (nSPS) is 11.2. The fourth-order valence-corrected chi connectivity index (χ4v) is 1.75. The Kier molecular flexibility index (Phi) is 5.90. The number of carboxylic acid groups (broad SMARTS) is 1. The lowest BCUT2D eigenvalue weighted by Crippen LogP contribution is -2.33. The van der Waals surface area contributed by atoms with Gasteiger partial charge >= 0.3 is 5.97 Å². The van der Waals surface area contributed by atoms with Crippen LogP contribution >= 0.6 is 0 Å². The standard InChI is InChI=1S/C15H18FNO3/c1-3-17(9-8-14(18)19)15(20)11(2)10-12-4-6-13(16)7-5-12/h4-7,10H,3,8-9H2,1-2H3,(H,18,19)/b11-10+. The van der Waals surface area contributed by atoms with E-state index in [0.29, 0.717) is 12.1 Å². The van der Waals surface area contributed by atoms with Crippen molar-refractivity contribution in [3.05, 3.63) is 41.2 Å². The minimum absolute atomic E-state index is 0.0800. The van der Waals surface area contributed by atoms with Gasteiger partial charge in [0.2, 0.25) is 5.91 Å². The molecule has 0 aromatic heterocycles. The summed E-state index contributed by atoms with van der Waals surface area (Å²) in [6.45, 7) is 4.08. The molecule has 0 aliphatic rings. The van der Waals surface area contributed by atoms with Crippen LogP contribution in [0, 0.1) is 5.82 Å². The largest absolute Gasteiger partial charge is 0.481 e. The molecule has 1 aromatic rings. The van der Waals surface area contributed by atoms with Crippen LogP contribution in [-0.2, 0) is 9.59 Å². The average molecular weight is 279 g/mol. The van der Waals surface area contributed by atoms with Gasteiger partial charge in [0.1, 0.15) is 5.82 Å². The van der Waals surface area contributed by atoms with Crippen molar-refractivity contribution in [3.63, 3.8) is 0 Å². The van der Waals surface area contributed by atoms with Gasteiger partial charge < -0.3 is 10.0 Å². The molecule has 1 rings (SSSR count). The third kappa shape index (κ3) is 4.84. The molecule has 0 saturated carbocycles. The maximum atomic E-state index is 12.8.